The number of aliphatic imine (C=N–C) groups is 1. The van der Waals surface area contributed by atoms with Gasteiger partial charge in [-0.3, -0.25) is 4.99 Å². The number of hydrogen-bond acceptors (Lipinski definition) is 4. The van der Waals surface area contributed by atoms with Crippen LogP contribution in [0.4, 0.5) is 5.69 Å². The molecule has 29 heavy (non-hydrogen) atoms. The van der Waals surface area contributed by atoms with E-state index in [9.17, 15) is 8.42 Å². The van der Waals surface area contributed by atoms with Crippen LogP contribution in [0.15, 0.2) is 29.3 Å². The van der Waals surface area contributed by atoms with Crippen LogP contribution in [0.5, 0.6) is 0 Å². The fourth-order valence-electron chi connectivity index (χ4n) is 4.37. The van der Waals surface area contributed by atoms with Crippen LogP contribution < -0.4 is 10.2 Å². The molecule has 0 atom stereocenters. The highest BCUT2D eigenvalue weighted by Crippen LogP contribution is 2.26. The van der Waals surface area contributed by atoms with Crippen LogP contribution in [0.25, 0.3) is 0 Å². The van der Waals surface area contributed by atoms with Crippen LogP contribution >= 0.6 is 0 Å². The minimum absolute atomic E-state index is 0.170. The van der Waals surface area contributed by atoms with Gasteiger partial charge in [-0.15, -0.1) is 0 Å². The maximum Gasteiger partial charge on any atom is 0.193 e. The van der Waals surface area contributed by atoms with E-state index in [1.54, 1.807) is 20.9 Å². The van der Waals surface area contributed by atoms with E-state index < -0.39 is 14.6 Å². The summed E-state index contributed by atoms with van der Waals surface area (Å²) in [4.78, 5) is 8.85. The van der Waals surface area contributed by atoms with Crippen molar-refractivity contribution in [2.45, 2.75) is 63.3 Å². The monoisotopic (exact) mass is 420 g/mol. The van der Waals surface area contributed by atoms with Crippen molar-refractivity contribution < 1.29 is 8.42 Å². The molecule has 1 saturated carbocycles. The highest BCUT2D eigenvalue weighted by Gasteiger charge is 2.40. The lowest BCUT2D eigenvalue weighted by molar-refractivity contribution is 0.353. The Morgan fingerprint density at radius 1 is 1.21 bits per heavy atom. The first-order chi connectivity index (χ1) is 13.7. The average molecular weight is 421 g/mol. The number of guanidine groups is 1. The molecule has 162 valence electrons. The normalized spacial score (nSPS) is 22.3. The summed E-state index contributed by atoms with van der Waals surface area (Å²) in [6, 6.07) is 9.39. The Balaban J connectivity index is 1.57. The van der Waals surface area contributed by atoms with Gasteiger partial charge in [-0.1, -0.05) is 31.4 Å². The van der Waals surface area contributed by atoms with Crippen molar-refractivity contribution in [1.82, 2.24) is 10.2 Å². The van der Waals surface area contributed by atoms with Crippen molar-refractivity contribution in [3.05, 3.63) is 29.8 Å². The SMILES string of the molecule is CN=C(NCc1ccc(N(C)C2CCCCC2)cc1)N1CCS(=O)(=O)C(C)(C)C1. The number of benzene rings is 1. The fraction of sp³-hybridized carbons (Fsp3) is 0.682. The standard InChI is InChI=1S/C22H36N4O2S/c1-22(2)17-26(14-15-29(22,27)28)21(23-3)24-16-18-10-12-20(13-11-18)25(4)19-8-6-5-7-9-19/h10-13,19H,5-9,14-17H2,1-4H3,(H,23,24). The molecule has 1 aromatic rings. The van der Waals surface area contributed by atoms with E-state index >= 15 is 0 Å². The Kier molecular flexibility index (Phi) is 6.76. The number of nitrogens with zero attached hydrogens (tertiary/aromatic N) is 3. The van der Waals surface area contributed by atoms with Gasteiger partial charge in [0.05, 0.1) is 10.5 Å². The first-order valence-corrected chi connectivity index (χ1v) is 12.4. The molecule has 1 N–H and O–H groups in total. The van der Waals surface area contributed by atoms with Gasteiger partial charge < -0.3 is 15.1 Å². The zero-order valence-corrected chi connectivity index (χ0v) is 19.1. The minimum atomic E-state index is -3.05. The third-order valence-electron chi connectivity index (χ3n) is 6.47. The molecule has 6 nitrogen and oxygen atoms in total. The van der Waals surface area contributed by atoms with E-state index in [1.165, 1.54) is 43.4 Å². The largest absolute Gasteiger partial charge is 0.372 e. The van der Waals surface area contributed by atoms with Crippen LogP contribution in [-0.2, 0) is 16.4 Å². The number of hydrogen-bond donors (Lipinski definition) is 1. The second-order valence-corrected chi connectivity index (χ2v) is 11.7. The molecule has 0 radical (unpaired) electrons. The van der Waals surface area contributed by atoms with Crippen molar-refractivity contribution in [3.8, 4) is 0 Å². The average Bonchev–Trinajstić information content (AvgIpc) is 2.71. The van der Waals surface area contributed by atoms with E-state index in [0.717, 1.165) is 5.96 Å². The number of anilines is 1. The van der Waals surface area contributed by atoms with E-state index in [2.05, 4.69) is 46.5 Å². The fourth-order valence-corrected chi connectivity index (χ4v) is 5.73. The Hall–Kier alpha value is -1.76. The van der Waals surface area contributed by atoms with Crippen LogP contribution in [0, 0.1) is 0 Å². The molecule has 2 fully saturated rings. The van der Waals surface area contributed by atoms with Crippen molar-refractivity contribution in [2.75, 3.05) is 37.8 Å². The van der Waals surface area contributed by atoms with Crippen LogP contribution in [0.1, 0.15) is 51.5 Å². The van der Waals surface area contributed by atoms with E-state index in [0.29, 0.717) is 25.7 Å². The summed E-state index contributed by atoms with van der Waals surface area (Å²) in [6.07, 6.45) is 6.63. The second kappa shape index (κ2) is 8.94. The molecular weight excluding hydrogens is 384 g/mol. The molecular formula is C22H36N4O2S. The summed E-state index contributed by atoms with van der Waals surface area (Å²) < 4.78 is 23.7. The van der Waals surface area contributed by atoms with E-state index in [4.69, 9.17) is 0 Å². The van der Waals surface area contributed by atoms with Gasteiger partial charge in [0.1, 0.15) is 0 Å². The van der Waals surface area contributed by atoms with Gasteiger partial charge in [0.15, 0.2) is 15.8 Å². The zero-order chi connectivity index (χ0) is 21.1. The van der Waals surface area contributed by atoms with Gasteiger partial charge in [0.2, 0.25) is 0 Å². The minimum Gasteiger partial charge on any atom is -0.372 e. The molecule has 1 aliphatic carbocycles. The summed E-state index contributed by atoms with van der Waals surface area (Å²) in [5.41, 5.74) is 2.46. The van der Waals surface area contributed by atoms with Crippen molar-refractivity contribution >= 4 is 21.5 Å². The van der Waals surface area contributed by atoms with Crippen molar-refractivity contribution in [1.29, 1.82) is 0 Å². The molecule has 7 heteroatoms. The van der Waals surface area contributed by atoms with Gasteiger partial charge >= 0.3 is 0 Å². The Bertz CT molecular complexity index is 812. The van der Waals surface area contributed by atoms with Crippen molar-refractivity contribution in [2.24, 2.45) is 4.99 Å². The summed E-state index contributed by atoms with van der Waals surface area (Å²) in [5.74, 6) is 0.930. The molecule has 3 rings (SSSR count). The lowest BCUT2D eigenvalue weighted by atomic mass is 9.94. The topological polar surface area (TPSA) is 65.0 Å². The lowest BCUT2D eigenvalue weighted by Gasteiger charge is -2.39. The quantitative estimate of drug-likeness (QED) is 0.599. The predicted molar refractivity (Wildman–Crippen MR) is 121 cm³/mol. The highest BCUT2D eigenvalue weighted by molar-refractivity contribution is 7.92. The van der Waals surface area contributed by atoms with Crippen molar-refractivity contribution in [3.63, 3.8) is 0 Å². The predicted octanol–water partition coefficient (Wildman–Crippen LogP) is 3.04. The Morgan fingerprint density at radius 3 is 2.45 bits per heavy atom. The molecule has 0 unspecified atom stereocenters. The molecule has 1 aliphatic heterocycles. The smallest absolute Gasteiger partial charge is 0.193 e. The van der Waals surface area contributed by atoms with Crippen LogP contribution in [0.3, 0.4) is 0 Å². The highest BCUT2D eigenvalue weighted by atomic mass is 32.2. The van der Waals surface area contributed by atoms with Gasteiger partial charge in [0.25, 0.3) is 0 Å². The maximum absolute atomic E-state index is 12.2. The number of sulfone groups is 1. The van der Waals surface area contributed by atoms with Gasteiger partial charge in [0, 0.05) is 45.5 Å². The summed E-state index contributed by atoms with van der Waals surface area (Å²) in [5, 5.41) is 3.40. The Labute approximate surface area is 176 Å². The van der Waals surface area contributed by atoms with Gasteiger partial charge in [-0.25, -0.2) is 8.42 Å². The molecule has 2 aliphatic rings. The van der Waals surface area contributed by atoms with Gasteiger partial charge in [-0.2, -0.15) is 0 Å². The summed E-state index contributed by atoms with van der Waals surface area (Å²) in [7, 11) is 0.902. The number of nitrogens with one attached hydrogen (secondary N) is 1. The Morgan fingerprint density at radius 2 is 1.86 bits per heavy atom. The van der Waals surface area contributed by atoms with E-state index in [1.807, 2.05) is 4.90 Å². The zero-order valence-electron chi connectivity index (χ0n) is 18.3. The van der Waals surface area contributed by atoms with Crippen LogP contribution in [-0.4, -0.2) is 63.0 Å². The molecule has 0 amide bonds. The first-order valence-electron chi connectivity index (χ1n) is 10.7. The van der Waals surface area contributed by atoms with Gasteiger partial charge in [-0.05, 0) is 44.4 Å². The lowest BCUT2D eigenvalue weighted by Crippen LogP contribution is -2.57. The molecule has 1 aromatic carbocycles. The summed E-state index contributed by atoms with van der Waals surface area (Å²) in [6.45, 7) is 5.20. The molecule has 0 spiro atoms. The van der Waals surface area contributed by atoms with E-state index in [-0.39, 0.29) is 5.75 Å². The molecule has 1 heterocycles. The third-order valence-corrected chi connectivity index (χ3v) is 9.00. The summed E-state index contributed by atoms with van der Waals surface area (Å²) >= 11 is 0. The van der Waals surface area contributed by atoms with Crippen LogP contribution in [0.2, 0.25) is 0 Å². The second-order valence-electron chi connectivity index (χ2n) is 8.97. The maximum atomic E-state index is 12.2. The number of rotatable bonds is 4. The first kappa shape index (κ1) is 21.9. The molecule has 0 aromatic heterocycles. The third kappa shape index (κ3) is 5.05. The molecule has 0 bridgehead atoms. The molecule has 1 saturated heterocycles.